The molecule has 0 amide bonds. The molecule has 94 valence electrons. The van der Waals surface area contributed by atoms with Gasteiger partial charge in [-0.2, -0.15) is 0 Å². The molecule has 0 fully saturated rings. The molecule has 0 saturated heterocycles. The van der Waals surface area contributed by atoms with Gasteiger partial charge in [0.15, 0.2) is 0 Å². The van der Waals surface area contributed by atoms with E-state index in [1.54, 1.807) is 6.92 Å². The molecular weight excluding hydrogens is 259 g/mol. The van der Waals surface area contributed by atoms with Crippen molar-refractivity contribution in [3.8, 4) is 0 Å². The quantitative estimate of drug-likeness (QED) is 0.630. The largest absolute Gasteiger partial charge is 0.423 e. The number of hydrogen-bond donors (Lipinski definition) is 2. The van der Waals surface area contributed by atoms with Crippen LogP contribution in [-0.4, -0.2) is 15.3 Å². The van der Waals surface area contributed by atoms with Gasteiger partial charge >= 0.3 is 13.2 Å². The number of fused-ring (bicyclic) bond motifs is 1. The Morgan fingerprint density at radius 1 is 1.28 bits per heavy atom. The Bertz CT molecular complexity index is 739. The van der Waals surface area contributed by atoms with Crippen LogP contribution in [0.1, 0.15) is 15.9 Å². The number of benzene rings is 1. The second-order valence-electron chi connectivity index (χ2n) is 3.81. The van der Waals surface area contributed by atoms with Crippen LogP contribution in [0.3, 0.4) is 0 Å². The van der Waals surface area contributed by atoms with Gasteiger partial charge in [0.1, 0.15) is 5.58 Å². The molecule has 0 aliphatic carbocycles. The standard InChI is InChI=1S/C11H9O6P/c1-6-4-10(12)17-9-5-7(2-3-8(6)9)11(13)18(14,15)16/h2-5H,1H3,(H2,14,15,16). The highest BCUT2D eigenvalue weighted by atomic mass is 31.2. The molecule has 7 heteroatoms. The Labute approximate surface area is 101 Å². The lowest BCUT2D eigenvalue weighted by molar-refractivity contribution is 0.104. The summed E-state index contributed by atoms with van der Waals surface area (Å²) >= 11 is 0. The summed E-state index contributed by atoms with van der Waals surface area (Å²) in [6, 6.07) is 5.23. The molecule has 0 bridgehead atoms. The van der Waals surface area contributed by atoms with Crippen molar-refractivity contribution in [3.05, 3.63) is 45.8 Å². The van der Waals surface area contributed by atoms with Gasteiger partial charge in [0.2, 0.25) is 0 Å². The average Bonchev–Trinajstić information content (AvgIpc) is 2.25. The molecule has 0 aliphatic heterocycles. The number of rotatable bonds is 2. The zero-order valence-corrected chi connectivity index (χ0v) is 10.2. The molecule has 1 heterocycles. The monoisotopic (exact) mass is 268 g/mol. The highest BCUT2D eigenvalue weighted by molar-refractivity contribution is 7.70. The predicted molar refractivity (Wildman–Crippen MR) is 63.6 cm³/mol. The van der Waals surface area contributed by atoms with E-state index in [1.165, 1.54) is 18.2 Å². The van der Waals surface area contributed by atoms with E-state index in [1.807, 2.05) is 0 Å². The molecule has 2 N–H and O–H groups in total. The van der Waals surface area contributed by atoms with Gasteiger partial charge in [-0.15, -0.1) is 0 Å². The number of hydrogen-bond acceptors (Lipinski definition) is 4. The summed E-state index contributed by atoms with van der Waals surface area (Å²) in [5, 5.41) is 0.608. The summed E-state index contributed by atoms with van der Waals surface area (Å²) in [5.74, 6) is 0. The van der Waals surface area contributed by atoms with Gasteiger partial charge in [0.05, 0.1) is 0 Å². The van der Waals surface area contributed by atoms with E-state index in [0.29, 0.717) is 10.9 Å². The van der Waals surface area contributed by atoms with Gasteiger partial charge < -0.3 is 14.2 Å². The van der Waals surface area contributed by atoms with Crippen molar-refractivity contribution in [2.75, 3.05) is 0 Å². The molecule has 1 aromatic heterocycles. The van der Waals surface area contributed by atoms with Crippen LogP contribution >= 0.6 is 7.60 Å². The van der Waals surface area contributed by atoms with Crippen LogP contribution in [0.2, 0.25) is 0 Å². The Balaban J connectivity index is 2.68. The first-order chi connectivity index (χ1) is 8.29. The fraction of sp³-hybridized carbons (Fsp3) is 0.0909. The fourth-order valence-electron chi connectivity index (χ4n) is 1.63. The minimum Gasteiger partial charge on any atom is -0.423 e. The first-order valence-corrected chi connectivity index (χ1v) is 6.55. The van der Waals surface area contributed by atoms with Crippen molar-refractivity contribution >= 4 is 24.1 Å². The van der Waals surface area contributed by atoms with E-state index in [-0.39, 0.29) is 11.1 Å². The van der Waals surface area contributed by atoms with Crippen molar-refractivity contribution in [3.63, 3.8) is 0 Å². The maximum absolute atomic E-state index is 11.4. The molecule has 0 unspecified atom stereocenters. The van der Waals surface area contributed by atoms with Crippen LogP contribution in [0.5, 0.6) is 0 Å². The summed E-state index contributed by atoms with van der Waals surface area (Å²) in [5.41, 5.74) is -1.28. The molecule has 2 rings (SSSR count). The maximum atomic E-state index is 11.4. The van der Waals surface area contributed by atoms with Crippen molar-refractivity contribution in [1.82, 2.24) is 0 Å². The van der Waals surface area contributed by atoms with E-state index in [4.69, 9.17) is 14.2 Å². The van der Waals surface area contributed by atoms with Crippen LogP contribution in [-0.2, 0) is 4.57 Å². The molecule has 2 aromatic rings. The maximum Gasteiger partial charge on any atom is 0.396 e. The normalized spacial score (nSPS) is 11.7. The third-order valence-electron chi connectivity index (χ3n) is 2.46. The Morgan fingerprint density at radius 3 is 2.56 bits per heavy atom. The number of carbonyl (C=O) groups is 1. The van der Waals surface area contributed by atoms with Gasteiger partial charge in [0, 0.05) is 17.0 Å². The Morgan fingerprint density at radius 2 is 1.94 bits per heavy atom. The SMILES string of the molecule is Cc1cc(=O)oc2cc(C(=O)P(=O)(O)O)ccc12. The Hall–Kier alpha value is -1.75. The fourth-order valence-corrected chi connectivity index (χ4v) is 2.10. The van der Waals surface area contributed by atoms with Gasteiger partial charge in [-0.25, -0.2) is 4.79 Å². The lowest BCUT2D eigenvalue weighted by Gasteiger charge is -2.04. The second-order valence-corrected chi connectivity index (χ2v) is 5.30. The first kappa shape index (κ1) is 12.7. The lowest BCUT2D eigenvalue weighted by Crippen LogP contribution is -2.02. The van der Waals surface area contributed by atoms with E-state index >= 15 is 0 Å². The predicted octanol–water partition coefficient (Wildman–Crippen LogP) is 1.42. The van der Waals surface area contributed by atoms with Gasteiger partial charge in [0.25, 0.3) is 5.52 Å². The molecule has 1 aromatic carbocycles. The topological polar surface area (TPSA) is 105 Å². The van der Waals surface area contributed by atoms with Crippen molar-refractivity contribution in [1.29, 1.82) is 0 Å². The smallest absolute Gasteiger partial charge is 0.396 e. The summed E-state index contributed by atoms with van der Waals surface area (Å²) in [6.07, 6.45) is 0. The van der Waals surface area contributed by atoms with Crippen molar-refractivity contribution < 1.29 is 23.6 Å². The third-order valence-corrected chi connectivity index (χ3v) is 3.25. The molecule has 0 radical (unpaired) electrons. The molecule has 0 spiro atoms. The van der Waals surface area contributed by atoms with Crippen molar-refractivity contribution in [2.45, 2.75) is 6.92 Å². The van der Waals surface area contributed by atoms with E-state index in [2.05, 4.69) is 0 Å². The van der Waals surface area contributed by atoms with Crippen molar-refractivity contribution in [2.24, 2.45) is 0 Å². The van der Waals surface area contributed by atoms with Crippen LogP contribution in [0.4, 0.5) is 0 Å². The summed E-state index contributed by atoms with van der Waals surface area (Å²) in [7, 11) is -4.84. The molecule has 18 heavy (non-hydrogen) atoms. The van der Waals surface area contributed by atoms with Gasteiger partial charge in [-0.3, -0.25) is 9.36 Å². The molecule has 0 aliphatic rings. The van der Waals surface area contributed by atoms with E-state index < -0.39 is 18.7 Å². The molecular formula is C11H9O6P. The van der Waals surface area contributed by atoms with Gasteiger partial charge in [-0.1, -0.05) is 6.07 Å². The van der Waals surface area contributed by atoms with Crippen LogP contribution in [0, 0.1) is 6.92 Å². The zero-order chi connectivity index (χ0) is 13.5. The van der Waals surface area contributed by atoms with Crippen LogP contribution in [0.25, 0.3) is 11.0 Å². The number of aryl methyl sites for hydroxylation is 1. The third kappa shape index (κ3) is 2.26. The molecule has 0 saturated carbocycles. The average molecular weight is 268 g/mol. The minimum absolute atomic E-state index is 0.124. The van der Waals surface area contributed by atoms with E-state index in [9.17, 15) is 14.2 Å². The lowest BCUT2D eigenvalue weighted by atomic mass is 10.1. The second kappa shape index (κ2) is 4.17. The van der Waals surface area contributed by atoms with Crippen LogP contribution in [0.15, 0.2) is 33.5 Å². The number of carbonyl (C=O) groups excluding carboxylic acids is 1. The van der Waals surface area contributed by atoms with Gasteiger partial charge in [-0.05, 0) is 24.6 Å². The first-order valence-electron chi connectivity index (χ1n) is 4.94. The van der Waals surface area contributed by atoms with Crippen LogP contribution < -0.4 is 5.63 Å². The highest BCUT2D eigenvalue weighted by Crippen LogP contribution is 2.39. The Kier molecular flexibility index (Phi) is 2.94. The summed E-state index contributed by atoms with van der Waals surface area (Å²) in [4.78, 5) is 40.2. The molecule has 0 atom stereocenters. The minimum atomic E-state index is -4.84. The van der Waals surface area contributed by atoms with E-state index in [0.717, 1.165) is 6.07 Å². The summed E-state index contributed by atoms with van der Waals surface area (Å²) in [6.45, 7) is 1.70. The highest BCUT2D eigenvalue weighted by Gasteiger charge is 2.27. The summed E-state index contributed by atoms with van der Waals surface area (Å²) < 4.78 is 15.7. The zero-order valence-electron chi connectivity index (χ0n) is 9.28. The molecule has 6 nitrogen and oxygen atoms in total.